The normalized spacial score (nSPS) is 20.2. The minimum Gasteiger partial charge on any atom is -0.495 e. The Morgan fingerprint density at radius 2 is 1.64 bits per heavy atom. The summed E-state index contributed by atoms with van der Waals surface area (Å²) in [4.78, 5) is 81.1. The van der Waals surface area contributed by atoms with Gasteiger partial charge in [0.2, 0.25) is 11.8 Å². The molecule has 368 valence electrons. The average Bonchev–Trinajstić information content (AvgIpc) is 3.34. The molecular weight excluding hydrogens is 900 g/mol. The highest BCUT2D eigenvalue weighted by Gasteiger charge is 2.35. The van der Waals surface area contributed by atoms with E-state index < -0.39 is 34.4 Å². The number of rotatable bonds is 14. The van der Waals surface area contributed by atoms with Crippen LogP contribution in [-0.2, 0) is 20.5 Å². The summed E-state index contributed by atoms with van der Waals surface area (Å²) >= 11 is 0. The number of ether oxygens (including phenoxy) is 2. The largest absolute Gasteiger partial charge is 0.495 e. The Morgan fingerprint density at radius 1 is 0.928 bits per heavy atom. The molecule has 1 saturated carbocycles. The number of alkyl halides is 3. The maximum atomic E-state index is 13.7. The van der Waals surface area contributed by atoms with Gasteiger partial charge in [-0.3, -0.25) is 39.7 Å². The Bertz CT molecular complexity index is 2570. The topological polar surface area (TPSA) is 202 Å². The molecule has 20 heteroatoms. The smallest absolute Gasteiger partial charge is 0.416 e. The number of hydrogen-bond donors (Lipinski definition) is 2. The first-order valence-electron chi connectivity index (χ1n) is 23.8. The molecule has 4 aromatic rings. The van der Waals surface area contributed by atoms with Crippen molar-refractivity contribution < 1.29 is 46.7 Å². The molecule has 4 aliphatic rings. The molecule has 2 aromatic heterocycles. The van der Waals surface area contributed by atoms with E-state index in [0.717, 1.165) is 88.7 Å². The molecule has 8 rings (SSSR count). The number of aromatic nitrogens is 3. The Hall–Kier alpha value is -6.44. The summed E-state index contributed by atoms with van der Waals surface area (Å²) in [5, 5.41) is 17.6. The number of non-ortho nitro benzene ring substituents is 1. The number of fused-ring (bicyclic) bond motifs is 1. The van der Waals surface area contributed by atoms with E-state index in [9.17, 15) is 42.5 Å². The number of nitro benzene ring substituents is 1. The van der Waals surface area contributed by atoms with Gasteiger partial charge in [0.25, 0.3) is 11.6 Å². The number of urea groups is 1. The van der Waals surface area contributed by atoms with Gasteiger partial charge in [-0.25, -0.2) is 14.8 Å². The monoisotopic (exact) mass is 957 g/mol. The number of hydrogen-bond acceptors (Lipinski definition) is 12. The summed E-state index contributed by atoms with van der Waals surface area (Å²) < 4.78 is 52.6. The summed E-state index contributed by atoms with van der Waals surface area (Å²) in [6, 6.07) is 8.18. The molecular formula is C49H58F3N9O8. The van der Waals surface area contributed by atoms with Crippen LogP contribution in [0.4, 0.5) is 35.2 Å². The third-order valence-electron chi connectivity index (χ3n) is 14.2. The molecule has 0 unspecified atom stereocenters. The van der Waals surface area contributed by atoms with Gasteiger partial charge in [0.1, 0.15) is 17.4 Å². The Labute approximate surface area is 397 Å². The molecule has 3 saturated heterocycles. The first kappa shape index (κ1) is 49.0. The summed E-state index contributed by atoms with van der Waals surface area (Å²) in [6.07, 6.45) is 4.51. The number of pyridine rings is 1. The van der Waals surface area contributed by atoms with E-state index in [2.05, 4.69) is 20.6 Å². The summed E-state index contributed by atoms with van der Waals surface area (Å²) in [5.74, 6) is 1.86. The van der Waals surface area contributed by atoms with Gasteiger partial charge in [0, 0.05) is 93.0 Å². The maximum Gasteiger partial charge on any atom is 0.416 e. The molecule has 1 atom stereocenters. The number of nitrogens with zero attached hydrogens (tertiary/aromatic N) is 7. The van der Waals surface area contributed by atoms with Crippen LogP contribution in [0.3, 0.4) is 0 Å². The van der Waals surface area contributed by atoms with Crippen LogP contribution in [0.1, 0.15) is 116 Å². The molecule has 5 amide bonds. The molecule has 0 bridgehead atoms. The fourth-order valence-corrected chi connectivity index (χ4v) is 10.1. The van der Waals surface area contributed by atoms with Crippen molar-refractivity contribution in [2.45, 2.75) is 96.2 Å². The van der Waals surface area contributed by atoms with E-state index in [0.29, 0.717) is 83.8 Å². The van der Waals surface area contributed by atoms with Gasteiger partial charge in [-0.1, -0.05) is 0 Å². The van der Waals surface area contributed by atoms with Gasteiger partial charge in [0.05, 0.1) is 41.0 Å². The van der Waals surface area contributed by atoms with E-state index in [4.69, 9.17) is 14.5 Å². The number of benzene rings is 2. The minimum absolute atomic E-state index is 0.0617. The van der Waals surface area contributed by atoms with Crippen LogP contribution in [0.5, 0.6) is 5.75 Å². The summed E-state index contributed by atoms with van der Waals surface area (Å²) in [5.41, 5.74) is 0.603. The summed E-state index contributed by atoms with van der Waals surface area (Å²) in [7, 11) is 1.50. The lowest BCUT2D eigenvalue weighted by Crippen LogP contribution is -2.49. The lowest BCUT2D eigenvalue weighted by molar-refractivity contribution is -0.385. The standard InChI is InChI=1S/C49H58F3N9O8/c1-29(36-22-37(49(50,51)52)25-38(23-36)61(66)67)54-45-39-26-40(53-27-41(39)55-30(2)56-45)33-4-6-34(7-5-33)46(63)58-16-10-31(11-17-58)15-21-69-28-32-12-18-59(19-13-32)47(64)35-8-9-43(68-3)42(24-35)60-20-14-44(62)57-48(60)65/h8-9,22-27,29,31-34H,4-7,10-21,28H2,1-3H3,(H,54,55,56)(H,57,62,65)/t29-,33?,34?/m1/s1. The van der Waals surface area contributed by atoms with Crippen molar-refractivity contribution in [2.75, 3.05) is 63.3 Å². The zero-order valence-corrected chi connectivity index (χ0v) is 39.1. The number of halogens is 3. The highest BCUT2D eigenvalue weighted by Crippen LogP contribution is 2.39. The molecule has 4 fully saturated rings. The molecule has 2 N–H and O–H groups in total. The van der Waals surface area contributed by atoms with Crippen molar-refractivity contribution in [2.24, 2.45) is 17.8 Å². The van der Waals surface area contributed by atoms with Crippen molar-refractivity contribution in [3.8, 4) is 5.75 Å². The molecule has 3 aliphatic heterocycles. The molecule has 2 aromatic carbocycles. The second-order valence-electron chi connectivity index (χ2n) is 18.7. The minimum atomic E-state index is -4.76. The predicted octanol–water partition coefficient (Wildman–Crippen LogP) is 8.36. The van der Waals surface area contributed by atoms with Crippen molar-refractivity contribution in [3.63, 3.8) is 0 Å². The summed E-state index contributed by atoms with van der Waals surface area (Å²) in [6.45, 7) is 7.46. The van der Waals surface area contributed by atoms with E-state index in [1.807, 2.05) is 15.9 Å². The first-order chi connectivity index (χ1) is 33.0. The lowest BCUT2D eigenvalue weighted by Gasteiger charge is -2.36. The third kappa shape index (κ3) is 11.5. The number of aryl methyl sites for hydroxylation is 1. The number of imide groups is 1. The second-order valence-corrected chi connectivity index (χ2v) is 18.7. The Kier molecular flexibility index (Phi) is 14.9. The van der Waals surface area contributed by atoms with Crippen LogP contribution in [0.2, 0.25) is 0 Å². The number of likely N-dealkylation sites (tertiary alicyclic amines) is 2. The zero-order valence-electron chi connectivity index (χ0n) is 39.1. The van der Waals surface area contributed by atoms with Crippen LogP contribution in [-0.4, -0.2) is 106 Å². The van der Waals surface area contributed by atoms with E-state index in [1.165, 1.54) is 12.0 Å². The van der Waals surface area contributed by atoms with Gasteiger partial charge in [-0.05, 0) is 119 Å². The number of carbonyl (C=O) groups is 4. The van der Waals surface area contributed by atoms with Crippen molar-refractivity contribution >= 4 is 51.8 Å². The molecule has 0 spiro atoms. The molecule has 5 heterocycles. The SMILES string of the molecule is COc1ccc(C(=O)N2CCC(COCCC3CCN(C(=O)C4CCC(c5cc6c(N[C@H](C)c7cc([N+](=O)[O-])cc(C(F)(F)F)c7)nc(C)nc6cn5)CC4)CC3)CC2)cc1N1CCC(=O)NC1=O. The number of nitro groups is 1. The van der Waals surface area contributed by atoms with Crippen molar-refractivity contribution in [3.05, 3.63) is 87.0 Å². The number of piperidine rings is 2. The fourth-order valence-electron chi connectivity index (χ4n) is 10.1. The van der Waals surface area contributed by atoms with Gasteiger partial charge < -0.3 is 24.6 Å². The lowest BCUT2D eigenvalue weighted by atomic mass is 9.79. The maximum absolute atomic E-state index is 13.7. The average molecular weight is 958 g/mol. The van der Waals surface area contributed by atoms with E-state index >= 15 is 0 Å². The van der Waals surface area contributed by atoms with Crippen LogP contribution in [0, 0.1) is 34.8 Å². The van der Waals surface area contributed by atoms with Crippen molar-refractivity contribution in [1.82, 2.24) is 30.1 Å². The van der Waals surface area contributed by atoms with Crippen LogP contribution < -0.4 is 20.3 Å². The number of nitrogens with one attached hydrogen (secondary N) is 2. The Balaban J connectivity index is 0.759. The second kappa shape index (κ2) is 21.1. The number of amides is 5. The first-order valence-corrected chi connectivity index (χ1v) is 23.8. The van der Waals surface area contributed by atoms with Gasteiger partial charge in [-0.15, -0.1) is 0 Å². The Morgan fingerprint density at radius 3 is 2.32 bits per heavy atom. The van der Waals surface area contributed by atoms with Crippen molar-refractivity contribution in [1.29, 1.82) is 0 Å². The third-order valence-corrected chi connectivity index (χ3v) is 14.2. The van der Waals surface area contributed by atoms with E-state index in [-0.39, 0.29) is 48.1 Å². The zero-order chi connectivity index (χ0) is 49.0. The quantitative estimate of drug-likeness (QED) is 0.0696. The molecule has 1 aliphatic carbocycles. The molecule has 0 radical (unpaired) electrons. The highest BCUT2D eigenvalue weighted by atomic mass is 19.4. The van der Waals surface area contributed by atoms with Crippen LogP contribution >= 0.6 is 0 Å². The predicted molar refractivity (Wildman–Crippen MR) is 249 cm³/mol. The van der Waals surface area contributed by atoms with Gasteiger partial charge >= 0.3 is 12.2 Å². The van der Waals surface area contributed by atoms with Crippen LogP contribution in [0.25, 0.3) is 10.9 Å². The van der Waals surface area contributed by atoms with Gasteiger partial charge in [-0.2, -0.15) is 13.2 Å². The number of carbonyl (C=O) groups excluding carboxylic acids is 4. The molecule has 69 heavy (non-hydrogen) atoms. The molecule has 17 nitrogen and oxygen atoms in total. The number of methoxy groups -OCH3 is 1. The highest BCUT2D eigenvalue weighted by molar-refractivity contribution is 6.07. The number of anilines is 2. The van der Waals surface area contributed by atoms with Gasteiger partial charge in [0.15, 0.2) is 0 Å². The van der Waals surface area contributed by atoms with E-state index in [1.54, 1.807) is 38.2 Å². The van der Waals surface area contributed by atoms with Crippen LogP contribution in [0.15, 0.2) is 48.7 Å². The fraction of sp³-hybridized carbons (Fsp3) is 0.531.